The Kier molecular flexibility index (Phi) is 3.01. The lowest BCUT2D eigenvalue weighted by molar-refractivity contribution is 1.28. The third-order valence-corrected chi connectivity index (χ3v) is 3.94. The zero-order valence-corrected chi connectivity index (χ0v) is 11.6. The number of para-hydroxylation sites is 2. The summed E-state index contributed by atoms with van der Waals surface area (Å²) in [5, 5.41) is 2.17. The van der Waals surface area contributed by atoms with Crippen molar-refractivity contribution in [1.82, 2.24) is 9.38 Å². The number of benzene rings is 2. The van der Waals surface area contributed by atoms with Crippen molar-refractivity contribution in [1.29, 1.82) is 0 Å². The van der Waals surface area contributed by atoms with E-state index in [2.05, 4.69) is 57.2 Å². The highest BCUT2D eigenvalue weighted by atomic mass is 35.5. The largest absolute Gasteiger partial charge is 0.283 e. The number of fused-ring (bicyclic) bond motifs is 3. The lowest BCUT2D eigenvalue weighted by Gasteiger charge is -2.00. The summed E-state index contributed by atoms with van der Waals surface area (Å²) in [6.07, 6.45) is 0. The summed E-state index contributed by atoms with van der Waals surface area (Å²) in [5.41, 5.74) is 4.67. The molecule has 0 bridgehead atoms. The molecule has 4 heteroatoms. The molecule has 0 aliphatic carbocycles. The van der Waals surface area contributed by atoms with Crippen LogP contribution in [0.1, 0.15) is 0 Å². The first-order valence-electron chi connectivity index (χ1n) is 5.83. The van der Waals surface area contributed by atoms with Gasteiger partial charge in [0.15, 0.2) is 4.96 Å². The normalized spacial score (nSPS) is 10.7. The first kappa shape index (κ1) is 12.2. The van der Waals surface area contributed by atoms with Crippen molar-refractivity contribution >= 4 is 39.7 Å². The van der Waals surface area contributed by atoms with Gasteiger partial charge in [0.2, 0.25) is 0 Å². The summed E-state index contributed by atoms with van der Waals surface area (Å²) in [6.45, 7) is 0. The standard InChI is InChI=1S/C15H10N2S.ClH/c1-2-6-11(7-3-1)14-10-18-15-16-12-8-4-5-9-13(12)17(14)15;/h1-10H;1H. The molecule has 0 aliphatic heterocycles. The molecule has 4 rings (SSSR count). The van der Waals surface area contributed by atoms with Crippen LogP contribution >= 0.6 is 23.7 Å². The lowest BCUT2D eigenvalue weighted by atomic mass is 10.2. The quantitative estimate of drug-likeness (QED) is 0.498. The molecule has 0 unspecified atom stereocenters. The molecule has 0 saturated carbocycles. The maximum absolute atomic E-state index is 4.64. The van der Waals surface area contributed by atoms with Crippen LogP contribution in [0.3, 0.4) is 0 Å². The average molecular weight is 287 g/mol. The minimum Gasteiger partial charge on any atom is -0.283 e. The minimum absolute atomic E-state index is 0. The highest BCUT2D eigenvalue weighted by Crippen LogP contribution is 2.29. The molecule has 94 valence electrons. The Balaban J connectivity index is 0.00000110. The first-order valence-corrected chi connectivity index (χ1v) is 6.71. The van der Waals surface area contributed by atoms with Crippen LogP contribution in [0.4, 0.5) is 0 Å². The van der Waals surface area contributed by atoms with Gasteiger partial charge >= 0.3 is 0 Å². The molecular formula is C15H11ClN2S. The van der Waals surface area contributed by atoms with Crippen molar-refractivity contribution in [2.75, 3.05) is 0 Å². The molecular weight excluding hydrogens is 276 g/mol. The summed E-state index contributed by atoms with van der Waals surface area (Å²) in [6, 6.07) is 18.7. The van der Waals surface area contributed by atoms with Crippen LogP contribution in [-0.4, -0.2) is 9.38 Å². The van der Waals surface area contributed by atoms with Gasteiger partial charge < -0.3 is 0 Å². The summed E-state index contributed by atoms with van der Waals surface area (Å²) in [5.74, 6) is 0. The van der Waals surface area contributed by atoms with Crippen LogP contribution in [0, 0.1) is 0 Å². The van der Waals surface area contributed by atoms with Crippen LogP contribution in [-0.2, 0) is 0 Å². The fourth-order valence-electron chi connectivity index (χ4n) is 2.28. The van der Waals surface area contributed by atoms with Gasteiger partial charge in [-0.2, -0.15) is 0 Å². The second kappa shape index (κ2) is 4.68. The fraction of sp³-hybridized carbons (Fsp3) is 0. The van der Waals surface area contributed by atoms with E-state index in [1.54, 1.807) is 11.3 Å². The van der Waals surface area contributed by atoms with Gasteiger partial charge in [0.05, 0.1) is 16.7 Å². The average Bonchev–Trinajstić information content (AvgIpc) is 2.98. The molecule has 19 heavy (non-hydrogen) atoms. The Labute approximate surface area is 120 Å². The van der Waals surface area contributed by atoms with Crippen molar-refractivity contribution in [3.05, 3.63) is 60.0 Å². The highest BCUT2D eigenvalue weighted by molar-refractivity contribution is 7.15. The number of halogens is 1. The molecule has 2 aromatic carbocycles. The molecule has 2 nitrogen and oxygen atoms in total. The number of hydrogen-bond acceptors (Lipinski definition) is 2. The molecule has 0 atom stereocenters. The SMILES string of the molecule is Cl.c1ccc(-c2csc3nc4ccccc4n23)cc1. The number of imidazole rings is 1. The van der Waals surface area contributed by atoms with Gasteiger partial charge in [0.1, 0.15) is 0 Å². The van der Waals surface area contributed by atoms with Crippen LogP contribution in [0.15, 0.2) is 60.0 Å². The minimum atomic E-state index is 0. The second-order valence-electron chi connectivity index (χ2n) is 4.21. The first-order chi connectivity index (χ1) is 8.93. The maximum Gasteiger partial charge on any atom is 0.195 e. The fourth-order valence-corrected chi connectivity index (χ4v) is 3.19. The predicted octanol–water partition coefficient (Wildman–Crippen LogP) is 4.64. The number of hydrogen-bond donors (Lipinski definition) is 0. The molecule has 2 heterocycles. The van der Waals surface area contributed by atoms with Crippen molar-refractivity contribution in [2.45, 2.75) is 0 Å². The third kappa shape index (κ3) is 1.82. The van der Waals surface area contributed by atoms with Crippen molar-refractivity contribution in [2.24, 2.45) is 0 Å². The Morgan fingerprint density at radius 1 is 0.895 bits per heavy atom. The molecule has 0 fully saturated rings. The smallest absolute Gasteiger partial charge is 0.195 e. The molecule has 0 saturated heterocycles. The van der Waals surface area contributed by atoms with Gasteiger partial charge in [-0.3, -0.25) is 4.40 Å². The van der Waals surface area contributed by atoms with Gasteiger partial charge in [-0.05, 0) is 17.7 Å². The zero-order chi connectivity index (χ0) is 11.9. The van der Waals surface area contributed by atoms with Crippen LogP contribution < -0.4 is 0 Å². The molecule has 4 aromatic rings. The Hall–Kier alpha value is -1.84. The van der Waals surface area contributed by atoms with E-state index >= 15 is 0 Å². The molecule has 0 aliphatic rings. The summed E-state index contributed by atoms with van der Waals surface area (Å²) >= 11 is 1.69. The third-order valence-electron chi connectivity index (χ3n) is 3.12. The van der Waals surface area contributed by atoms with Crippen molar-refractivity contribution in [3.63, 3.8) is 0 Å². The number of aromatic nitrogens is 2. The zero-order valence-electron chi connectivity index (χ0n) is 9.98. The Morgan fingerprint density at radius 3 is 2.47 bits per heavy atom. The van der Waals surface area contributed by atoms with E-state index in [1.807, 2.05) is 12.1 Å². The lowest BCUT2D eigenvalue weighted by Crippen LogP contribution is -1.84. The Morgan fingerprint density at radius 2 is 1.63 bits per heavy atom. The molecule has 0 amide bonds. The van der Waals surface area contributed by atoms with E-state index in [9.17, 15) is 0 Å². The molecule has 0 spiro atoms. The van der Waals surface area contributed by atoms with Gasteiger partial charge in [0.25, 0.3) is 0 Å². The summed E-state index contributed by atoms with van der Waals surface area (Å²) < 4.78 is 2.23. The van der Waals surface area contributed by atoms with Gasteiger partial charge in [-0.25, -0.2) is 4.98 Å². The summed E-state index contributed by atoms with van der Waals surface area (Å²) in [4.78, 5) is 5.69. The van der Waals surface area contributed by atoms with Gasteiger partial charge in [-0.15, -0.1) is 23.7 Å². The monoisotopic (exact) mass is 286 g/mol. The van der Waals surface area contributed by atoms with Crippen molar-refractivity contribution in [3.8, 4) is 11.3 Å². The van der Waals surface area contributed by atoms with Crippen LogP contribution in [0.25, 0.3) is 27.3 Å². The highest BCUT2D eigenvalue weighted by Gasteiger charge is 2.10. The van der Waals surface area contributed by atoms with Gasteiger partial charge in [0, 0.05) is 5.38 Å². The van der Waals surface area contributed by atoms with Crippen LogP contribution in [0.2, 0.25) is 0 Å². The van der Waals surface area contributed by atoms with E-state index < -0.39 is 0 Å². The van der Waals surface area contributed by atoms with E-state index in [0.717, 1.165) is 10.5 Å². The topological polar surface area (TPSA) is 17.3 Å². The molecule has 2 aromatic heterocycles. The molecule has 0 N–H and O–H groups in total. The van der Waals surface area contributed by atoms with Crippen LogP contribution in [0.5, 0.6) is 0 Å². The molecule has 0 radical (unpaired) electrons. The number of rotatable bonds is 1. The number of thiazole rings is 1. The van der Waals surface area contributed by atoms with Crippen molar-refractivity contribution < 1.29 is 0 Å². The Bertz CT molecular complexity index is 833. The van der Waals surface area contributed by atoms with Gasteiger partial charge in [-0.1, -0.05) is 42.5 Å². The van der Waals surface area contributed by atoms with E-state index in [-0.39, 0.29) is 12.4 Å². The number of nitrogens with zero attached hydrogens (tertiary/aromatic N) is 2. The predicted molar refractivity (Wildman–Crippen MR) is 83.3 cm³/mol. The van der Waals surface area contributed by atoms with E-state index in [4.69, 9.17) is 0 Å². The van der Waals surface area contributed by atoms with E-state index in [1.165, 1.54) is 16.8 Å². The maximum atomic E-state index is 4.64. The van der Waals surface area contributed by atoms with E-state index in [0.29, 0.717) is 0 Å². The summed E-state index contributed by atoms with van der Waals surface area (Å²) in [7, 11) is 0. The second-order valence-corrected chi connectivity index (χ2v) is 5.04.